The number of rotatable bonds is 4. The van der Waals surface area contributed by atoms with Gasteiger partial charge < -0.3 is 15.4 Å². The number of likely N-dealkylation sites (tertiary alicyclic amines) is 1. The van der Waals surface area contributed by atoms with Crippen LogP contribution in [0.4, 0.5) is 0 Å². The molecule has 128 valence electrons. The first kappa shape index (κ1) is 17.8. The Morgan fingerprint density at radius 1 is 1.35 bits per heavy atom. The molecule has 4 nitrogen and oxygen atoms in total. The summed E-state index contributed by atoms with van der Waals surface area (Å²) in [5, 5.41) is 0. The van der Waals surface area contributed by atoms with Gasteiger partial charge in [0.05, 0.1) is 0 Å². The molecule has 1 heterocycles. The van der Waals surface area contributed by atoms with Crippen molar-refractivity contribution in [3.8, 4) is 5.75 Å². The molecule has 1 saturated heterocycles. The zero-order chi connectivity index (χ0) is 17.2. The normalized spacial score (nSPS) is 22.0. The zero-order valence-electron chi connectivity index (χ0n) is 15.0. The first-order chi connectivity index (χ1) is 10.7. The van der Waals surface area contributed by atoms with Crippen molar-refractivity contribution in [2.75, 3.05) is 13.1 Å². The average Bonchev–Trinajstić information content (AvgIpc) is 2.49. The Morgan fingerprint density at radius 2 is 2.04 bits per heavy atom. The van der Waals surface area contributed by atoms with Gasteiger partial charge in [0.15, 0.2) is 6.10 Å². The molecule has 0 spiro atoms. The molecular formula is C19H30N2O2. The van der Waals surface area contributed by atoms with Crippen LogP contribution in [0.2, 0.25) is 0 Å². The Hall–Kier alpha value is -1.55. The summed E-state index contributed by atoms with van der Waals surface area (Å²) in [7, 11) is 0. The SMILES string of the molecule is CC(Oc1cccc(C(C)C)c1)C(=O)N1CCC(N)C(C)(C)C1. The van der Waals surface area contributed by atoms with E-state index in [2.05, 4.69) is 33.8 Å². The van der Waals surface area contributed by atoms with Crippen molar-refractivity contribution in [2.45, 2.75) is 59.1 Å². The highest BCUT2D eigenvalue weighted by atomic mass is 16.5. The lowest BCUT2D eigenvalue weighted by Crippen LogP contribution is -2.56. The van der Waals surface area contributed by atoms with Crippen LogP contribution in [0.15, 0.2) is 24.3 Å². The molecule has 0 radical (unpaired) electrons. The molecule has 4 heteroatoms. The highest BCUT2D eigenvalue weighted by Crippen LogP contribution is 2.28. The number of hydrogen-bond donors (Lipinski definition) is 1. The molecular weight excluding hydrogens is 288 g/mol. The molecule has 2 rings (SSSR count). The second-order valence-electron chi connectivity index (χ2n) is 7.63. The Labute approximate surface area is 140 Å². The lowest BCUT2D eigenvalue weighted by atomic mass is 9.79. The van der Waals surface area contributed by atoms with Crippen LogP contribution in [0.5, 0.6) is 5.75 Å². The van der Waals surface area contributed by atoms with E-state index in [-0.39, 0.29) is 17.4 Å². The van der Waals surface area contributed by atoms with E-state index < -0.39 is 6.10 Å². The first-order valence-electron chi connectivity index (χ1n) is 8.51. The smallest absolute Gasteiger partial charge is 0.263 e. The fourth-order valence-corrected chi connectivity index (χ4v) is 3.02. The van der Waals surface area contributed by atoms with E-state index in [0.717, 1.165) is 12.2 Å². The number of amides is 1. The Morgan fingerprint density at radius 3 is 2.65 bits per heavy atom. The Balaban J connectivity index is 2.02. The maximum absolute atomic E-state index is 12.7. The van der Waals surface area contributed by atoms with Gasteiger partial charge in [0, 0.05) is 19.1 Å². The summed E-state index contributed by atoms with van der Waals surface area (Å²) >= 11 is 0. The topological polar surface area (TPSA) is 55.6 Å². The van der Waals surface area contributed by atoms with E-state index in [4.69, 9.17) is 10.5 Å². The van der Waals surface area contributed by atoms with E-state index in [0.29, 0.717) is 19.0 Å². The van der Waals surface area contributed by atoms with Crippen molar-refractivity contribution in [2.24, 2.45) is 11.1 Å². The molecule has 1 amide bonds. The van der Waals surface area contributed by atoms with E-state index in [1.54, 1.807) is 0 Å². The van der Waals surface area contributed by atoms with Crippen molar-refractivity contribution in [1.82, 2.24) is 4.90 Å². The van der Waals surface area contributed by atoms with Crippen molar-refractivity contribution in [3.63, 3.8) is 0 Å². The minimum atomic E-state index is -0.484. The van der Waals surface area contributed by atoms with Gasteiger partial charge in [0.1, 0.15) is 5.75 Å². The van der Waals surface area contributed by atoms with Crippen molar-refractivity contribution < 1.29 is 9.53 Å². The van der Waals surface area contributed by atoms with E-state index in [9.17, 15) is 4.79 Å². The number of ether oxygens (including phenoxy) is 1. The van der Waals surface area contributed by atoms with Crippen LogP contribution in [-0.4, -0.2) is 36.0 Å². The molecule has 23 heavy (non-hydrogen) atoms. The number of piperidine rings is 1. The highest BCUT2D eigenvalue weighted by molar-refractivity contribution is 5.81. The molecule has 1 fully saturated rings. The molecule has 2 unspecified atom stereocenters. The summed E-state index contributed by atoms with van der Waals surface area (Å²) < 4.78 is 5.89. The third-order valence-corrected chi connectivity index (χ3v) is 4.81. The number of nitrogens with two attached hydrogens (primary N) is 1. The summed E-state index contributed by atoms with van der Waals surface area (Å²) in [6.45, 7) is 11.8. The minimum Gasteiger partial charge on any atom is -0.481 e. The van der Waals surface area contributed by atoms with Crippen LogP contribution in [0, 0.1) is 5.41 Å². The second kappa shape index (κ2) is 6.91. The largest absolute Gasteiger partial charge is 0.481 e. The standard InChI is InChI=1S/C19H30N2O2/c1-13(2)15-7-6-8-16(11-15)23-14(3)18(22)21-10-9-17(20)19(4,5)12-21/h6-8,11,13-14,17H,9-10,12,20H2,1-5H3. The molecule has 1 aromatic carbocycles. The molecule has 1 aliphatic heterocycles. The van der Waals surface area contributed by atoms with Crippen LogP contribution < -0.4 is 10.5 Å². The van der Waals surface area contributed by atoms with Crippen LogP contribution >= 0.6 is 0 Å². The molecule has 2 atom stereocenters. The van der Waals surface area contributed by atoms with Gasteiger partial charge >= 0.3 is 0 Å². The quantitative estimate of drug-likeness (QED) is 0.928. The van der Waals surface area contributed by atoms with Gasteiger partial charge in [-0.05, 0) is 42.4 Å². The predicted octanol–water partition coefficient (Wildman–Crippen LogP) is 3.16. The summed E-state index contributed by atoms with van der Waals surface area (Å²) in [5.41, 5.74) is 7.31. The van der Waals surface area contributed by atoms with Crippen LogP contribution in [0.3, 0.4) is 0 Å². The van der Waals surface area contributed by atoms with Gasteiger partial charge in [-0.25, -0.2) is 0 Å². The Bertz CT molecular complexity index is 554. The van der Waals surface area contributed by atoms with Gasteiger partial charge in [-0.3, -0.25) is 4.79 Å². The maximum Gasteiger partial charge on any atom is 0.263 e. The van der Waals surface area contributed by atoms with Gasteiger partial charge in [-0.15, -0.1) is 0 Å². The number of carbonyl (C=O) groups is 1. The summed E-state index contributed by atoms with van der Waals surface area (Å²) in [6, 6.07) is 8.13. The van der Waals surface area contributed by atoms with Gasteiger partial charge in [-0.1, -0.05) is 39.8 Å². The number of nitrogens with zero attached hydrogens (tertiary/aromatic N) is 1. The fraction of sp³-hybridized carbons (Fsp3) is 0.632. The highest BCUT2D eigenvalue weighted by Gasteiger charge is 2.36. The van der Waals surface area contributed by atoms with Crippen LogP contribution in [-0.2, 0) is 4.79 Å². The third kappa shape index (κ3) is 4.25. The second-order valence-corrected chi connectivity index (χ2v) is 7.63. The molecule has 0 aromatic heterocycles. The fourth-order valence-electron chi connectivity index (χ4n) is 3.02. The van der Waals surface area contributed by atoms with Crippen LogP contribution in [0.25, 0.3) is 0 Å². The van der Waals surface area contributed by atoms with Gasteiger partial charge in [0.25, 0.3) is 5.91 Å². The molecule has 0 bridgehead atoms. The zero-order valence-corrected chi connectivity index (χ0v) is 15.0. The monoisotopic (exact) mass is 318 g/mol. The summed E-state index contributed by atoms with van der Waals surface area (Å²) in [5.74, 6) is 1.24. The number of benzene rings is 1. The summed E-state index contributed by atoms with van der Waals surface area (Å²) in [4.78, 5) is 14.6. The first-order valence-corrected chi connectivity index (χ1v) is 8.51. The van der Waals surface area contributed by atoms with Gasteiger partial charge in [-0.2, -0.15) is 0 Å². The molecule has 2 N–H and O–H groups in total. The third-order valence-electron chi connectivity index (χ3n) is 4.81. The number of hydrogen-bond acceptors (Lipinski definition) is 3. The van der Waals surface area contributed by atoms with Crippen LogP contribution in [0.1, 0.15) is 52.5 Å². The van der Waals surface area contributed by atoms with Crippen molar-refractivity contribution in [1.29, 1.82) is 0 Å². The van der Waals surface area contributed by atoms with Gasteiger partial charge in [0.2, 0.25) is 0 Å². The van der Waals surface area contributed by atoms with E-state index in [1.165, 1.54) is 5.56 Å². The van der Waals surface area contributed by atoms with E-state index in [1.807, 2.05) is 30.0 Å². The minimum absolute atomic E-state index is 0.0416. The molecule has 1 aliphatic rings. The maximum atomic E-state index is 12.7. The molecule has 0 saturated carbocycles. The lowest BCUT2D eigenvalue weighted by Gasteiger charge is -2.43. The molecule has 0 aliphatic carbocycles. The van der Waals surface area contributed by atoms with E-state index >= 15 is 0 Å². The molecule has 1 aromatic rings. The predicted molar refractivity (Wildman–Crippen MR) is 93.6 cm³/mol. The average molecular weight is 318 g/mol. The number of carbonyl (C=O) groups excluding carboxylic acids is 1. The Kier molecular flexibility index (Phi) is 5.35. The summed E-state index contributed by atoms with van der Waals surface area (Å²) in [6.07, 6.45) is 0.358. The van der Waals surface area contributed by atoms with Crippen molar-refractivity contribution in [3.05, 3.63) is 29.8 Å². The van der Waals surface area contributed by atoms with Crippen molar-refractivity contribution >= 4 is 5.91 Å². The lowest BCUT2D eigenvalue weighted by molar-refractivity contribution is -0.141.